The van der Waals surface area contributed by atoms with E-state index < -0.39 is 48.8 Å². The molecular weight excluding hydrogens is 496 g/mol. The summed E-state index contributed by atoms with van der Waals surface area (Å²) in [6.07, 6.45) is -4.65. The van der Waals surface area contributed by atoms with Gasteiger partial charge in [-0.3, -0.25) is 15.1 Å². The van der Waals surface area contributed by atoms with Crippen LogP contribution in [0, 0.1) is 0 Å². The minimum atomic E-state index is -2.04. The standard InChI is InChI=1S/C25H26N6O7/c1-14(33)25(26)28-21-18(27-13-30(21)23-20(35)19(34)17(12-32)37-23)22(29-25)38-24(36)31(15-8-4-2-5-9-15)16-10-6-3-7-11-16/h2-11,13,17,19-20,23,28,32,34-35H,12,26H2,1H3/t17-,19-,20-,23-,25?/m1/s1. The number of rotatable bonds is 5. The van der Waals surface area contributed by atoms with Gasteiger partial charge in [-0.05, 0) is 24.3 Å². The number of carbonyl (C=O) groups excluding carboxylic acids is 2. The number of hydrogen-bond acceptors (Lipinski definition) is 11. The lowest BCUT2D eigenvalue weighted by Crippen LogP contribution is -2.55. The minimum absolute atomic E-state index is 0.0134. The quantitative estimate of drug-likeness (QED) is 0.322. The number of benzene rings is 2. The van der Waals surface area contributed by atoms with Crippen molar-refractivity contribution in [2.75, 3.05) is 16.8 Å². The molecular formula is C25H26N6O7. The Labute approximate surface area is 216 Å². The second-order valence-electron chi connectivity index (χ2n) is 8.82. The number of nitrogens with zero attached hydrogens (tertiary/aromatic N) is 4. The number of Topliss-reactive ketones (excluding diaryl/α,β-unsaturated/α-hetero) is 1. The Hall–Kier alpha value is -4.14. The highest BCUT2D eigenvalue weighted by Gasteiger charge is 2.47. The lowest BCUT2D eigenvalue weighted by Gasteiger charge is -2.31. The number of aliphatic hydroxyl groups is 3. The Morgan fingerprint density at radius 3 is 2.24 bits per heavy atom. The SMILES string of the molecule is CC(=O)C1(N)N=C(OC(=O)N(c2ccccc2)c2ccccc2)c2ncn([C@@H]3O[C@H](CO)[C@@H](O)[C@H]3O)c2N1. The molecule has 2 aliphatic rings. The van der Waals surface area contributed by atoms with Gasteiger partial charge in [-0.15, -0.1) is 0 Å². The molecule has 13 nitrogen and oxygen atoms in total. The third-order valence-electron chi connectivity index (χ3n) is 6.31. The summed E-state index contributed by atoms with van der Waals surface area (Å²) < 4.78 is 12.6. The van der Waals surface area contributed by atoms with Crippen molar-refractivity contribution in [3.8, 4) is 0 Å². The van der Waals surface area contributed by atoms with Crippen LogP contribution in [0.15, 0.2) is 72.0 Å². The zero-order valence-corrected chi connectivity index (χ0v) is 20.2. The molecule has 3 heterocycles. The molecule has 198 valence electrons. The highest BCUT2D eigenvalue weighted by molar-refractivity contribution is 6.10. The molecule has 1 amide bonds. The average Bonchev–Trinajstić information content (AvgIpc) is 3.45. The van der Waals surface area contributed by atoms with Crippen molar-refractivity contribution in [3.63, 3.8) is 0 Å². The smallest absolute Gasteiger partial charge is 0.394 e. The van der Waals surface area contributed by atoms with Crippen LogP contribution in [0.4, 0.5) is 22.0 Å². The molecule has 0 radical (unpaired) electrons. The van der Waals surface area contributed by atoms with Gasteiger partial charge in [-0.25, -0.2) is 14.7 Å². The van der Waals surface area contributed by atoms with Gasteiger partial charge in [0, 0.05) is 6.92 Å². The molecule has 1 aromatic heterocycles. The number of para-hydroxylation sites is 2. The van der Waals surface area contributed by atoms with E-state index in [1.54, 1.807) is 60.7 Å². The molecule has 0 spiro atoms. The summed E-state index contributed by atoms with van der Waals surface area (Å²) in [5.74, 6) is -2.93. The van der Waals surface area contributed by atoms with Gasteiger partial charge in [-0.2, -0.15) is 4.99 Å². The molecule has 6 N–H and O–H groups in total. The van der Waals surface area contributed by atoms with Crippen LogP contribution in [-0.4, -0.2) is 73.4 Å². The van der Waals surface area contributed by atoms with Crippen molar-refractivity contribution in [3.05, 3.63) is 72.7 Å². The van der Waals surface area contributed by atoms with E-state index in [2.05, 4.69) is 15.3 Å². The molecule has 5 rings (SSSR count). The molecule has 1 unspecified atom stereocenters. The Kier molecular flexibility index (Phi) is 6.69. The van der Waals surface area contributed by atoms with Crippen molar-refractivity contribution >= 4 is 35.0 Å². The number of carbonyl (C=O) groups is 2. The number of hydrogen-bond donors (Lipinski definition) is 5. The van der Waals surface area contributed by atoms with E-state index in [1.807, 2.05) is 0 Å². The van der Waals surface area contributed by atoms with Gasteiger partial charge in [0.15, 0.2) is 17.7 Å². The molecule has 0 aliphatic carbocycles. The van der Waals surface area contributed by atoms with E-state index in [0.29, 0.717) is 11.4 Å². The van der Waals surface area contributed by atoms with E-state index in [4.69, 9.17) is 15.2 Å². The first-order chi connectivity index (χ1) is 18.2. The summed E-state index contributed by atoms with van der Waals surface area (Å²) in [6, 6.07) is 17.6. The van der Waals surface area contributed by atoms with Gasteiger partial charge < -0.3 is 30.1 Å². The summed E-state index contributed by atoms with van der Waals surface area (Å²) in [6.45, 7) is 0.667. The molecule has 0 bridgehead atoms. The number of amides is 1. The first kappa shape index (κ1) is 25.5. The molecule has 1 fully saturated rings. The number of imidazole rings is 1. The number of aliphatic hydroxyl groups excluding tert-OH is 3. The average molecular weight is 523 g/mol. The largest absolute Gasteiger partial charge is 0.425 e. The lowest BCUT2D eigenvalue weighted by molar-refractivity contribution is -0.121. The maximum absolute atomic E-state index is 13.6. The fraction of sp³-hybridized carbons (Fsp3) is 0.280. The summed E-state index contributed by atoms with van der Waals surface area (Å²) in [7, 11) is 0. The number of aliphatic imine (C=N–C) groups is 1. The number of ether oxygens (including phenoxy) is 2. The highest BCUT2D eigenvalue weighted by Crippen LogP contribution is 2.36. The van der Waals surface area contributed by atoms with Crippen molar-refractivity contribution in [1.82, 2.24) is 9.55 Å². The van der Waals surface area contributed by atoms with Crippen LogP contribution in [0.1, 0.15) is 18.8 Å². The maximum atomic E-state index is 13.6. The van der Waals surface area contributed by atoms with Crippen molar-refractivity contribution in [2.45, 2.75) is 37.3 Å². The molecule has 5 atom stereocenters. The summed E-state index contributed by atoms with van der Waals surface area (Å²) in [5.41, 5.74) is 7.28. The highest BCUT2D eigenvalue weighted by atomic mass is 16.6. The molecule has 2 aromatic carbocycles. The van der Waals surface area contributed by atoms with Crippen LogP contribution in [0.25, 0.3) is 0 Å². The van der Waals surface area contributed by atoms with Crippen LogP contribution >= 0.6 is 0 Å². The summed E-state index contributed by atoms with van der Waals surface area (Å²) >= 11 is 0. The first-order valence-electron chi connectivity index (χ1n) is 11.7. The monoisotopic (exact) mass is 522 g/mol. The number of ketones is 1. The Balaban J connectivity index is 1.53. The Morgan fingerprint density at radius 2 is 1.71 bits per heavy atom. The van der Waals surface area contributed by atoms with Gasteiger partial charge >= 0.3 is 6.09 Å². The van der Waals surface area contributed by atoms with Gasteiger partial charge in [0.25, 0.3) is 5.90 Å². The van der Waals surface area contributed by atoms with Crippen LogP contribution in [0.5, 0.6) is 0 Å². The van der Waals surface area contributed by atoms with Gasteiger partial charge in [0.1, 0.15) is 24.1 Å². The number of nitrogens with two attached hydrogens (primary N) is 1. The van der Waals surface area contributed by atoms with Crippen molar-refractivity contribution in [1.29, 1.82) is 0 Å². The predicted octanol–water partition coefficient (Wildman–Crippen LogP) is 0.843. The fourth-order valence-electron chi connectivity index (χ4n) is 4.25. The minimum Gasteiger partial charge on any atom is -0.394 e. The molecule has 3 aromatic rings. The molecule has 2 aliphatic heterocycles. The third kappa shape index (κ3) is 4.42. The summed E-state index contributed by atoms with van der Waals surface area (Å²) in [4.78, 5) is 35.8. The summed E-state index contributed by atoms with van der Waals surface area (Å²) in [5, 5.41) is 33.0. The molecule has 0 saturated carbocycles. The lowest BCUT2D eigenvalue weighted by atomic mass is 10.1. The van der Waals surface area contributed by atoms with Crippen molar-refractivity contribution < 1.29 is 34.4 Å². The number of aromatic nitrogens is 2. The Bertz CT molecular complexity index is 1330. The van der Waals surface area contributed by atoms with Gasteiger partial charge in [0.2, 0.25) is 5.79 Å². The first-order valence-corrected chi connectivity index (χ1v) is 11.7. The second kappa shape index (κ2) is 9.96. The van der Waals surface area contributed by atoms with Crippen LogP contribution in [0.2, 0.25) is 0 Å². The van der Waals surface area contributed by atoms with Crippen LogP contribution in [-0.2, 0) is 14.3 Å². The third-order valence-corrected chi connectivity index (χ3v) is 6.31. The number of nitrogens with one attached hydrogen (secondary N) is 1. The molecule has 1 saturated heterocycles. The molecule has 13 heteroatoms. The van der Waals surface area contributed by atoms with E-state index in [9.17, 15) is 24.9 Å². The zero-order chi connectivity index (χ0) is 27.0. The number of fused-ring (bicyclic) bond motifs is 1. The van der Waals surface area contributed by atoms with Crippen LogP contribution < -0.4 is 16.0 Å². The maximum Gasteiger partial charge on any atom is 0.425 e. The fourth-order valence-corrected chi connectivity index (χ4v) is 4.25. The normalized spacial score (nSPS) is 26.2. The predicted molar refractivity (Wildman–Crippen MR) is 134 cm³/mol. The number of anilines is 3. The van der Waals surface area contributed by atoms with E-state index >= 15 is 0 Å². The second-order valence-corrected chi connectivity index (χ2v) is 8.82. The van der Waals surface area contributed by atoms with E-state index in [0.717, 1.165) is 0 Å². The van der Waals surface area contributed by atoms with Crippen LogP contribution in [0.3, 0.4) is 0 Å². The Morgan fingerprint density at radius 1 is 1.11 bits per heavy atom. The van der Waals surface area contributed by atoms with Crippen molar-refractivity contribution in [2.24, 2.45) is 10.7 Å². The van der Waals surface area contributed by atoms with E-state index in [1.165, 1.54) is 22.7 Å². The zero-order valence-electron chi connectivity index (χ0n) is 20.2. The van der Waals surface area contributed by atoms with Gasteiger partial charge in [0.05, 0.1) is 24.3 Å². The topological polar surface area (TPSA) is 185 Å². The molecule has 38 heavy (non-hydrogen) atoms. The van der Waals surface area contributed by atoms with Gasteiger partial charge in [-0.1, -0.05) is 36.4 Å². The van der Waals surface area contributed by atoms with E-state index in [-0.39, 0.29) is 17.4 Å².